The highest BCUT2D eigenvalue weighted by Crippen LogP contribution is 2.21. The summed E-state index contributed by atoms with van der Waals surface area (Å²) < 4.78 is 13.9. The minimum atomic E-state index is -0.302. The van der Waals surface area contributed by atoms with Crippen molar-refractivity contribution in [2.45, 2.75) is 13.3 Å². The number of nitrogens with zero attached hydrogens (tertiary/aromatic N) is 2. The van der Waals surface area contributed by atoms with Crippen molar-refractivity contribution in [1.82, 2.24) is 4.90 Å². The Morgan fingerprint density at radius 3 is 2.56 bits per heavy atom. The van der Waals surface area contributed by atoms with Crippen LogP contribution in [0.3, 0.4) is 0 Å². The van der Waals surface area contributed by atoms with Crippen molar-refractivity contribution in [3.63, 3.8) is 0 Å². The molecule has 3 nitrogen and oxygen atoms in total. The average molecular weight is 250 g/mol. The lowest BCUT2D eigenvalue weighted by Crippen LogP contribution is -2.46. The predicted molar refractivity (Wildman–Crippen MR) is 70.7 cm³/mol. The van der Waals surface area contributed by atoms with E-state index in [2.05, 4.69) is 16.7 Å². The Bertz CT molecular complexity index is 414. The molecule has 0 atom stereocenters. The second-order valence-corrected chi connectivity index (χ2v) is 4.66. The Morgan fingerprint density at radius 2 is 2.00 bits per heavy atom. The van der Waals surface area contributed by atoms with Gasteiger partial charge in [0.15, 0.2) is 0 Å². The molecule has 0 amide bonds. The number of anilines is 1. The fourth-order valence-electron chi connectivity index (χ4n) is 2.38. The lowest BCUT2D eigenvalue weighted by molar-refractivity contribution is 0.112. The molecule has 4 heteroatoms. The van der Waals surface area contributed by atoms with E-state index >= 15 is 0 Å². The normalized spacial score (nSPS) is 16.9. The first-order valence-corrected chi connectivity index (χ1v) is 6.46. The first kappa shape index (κ1) is 13.0. The third-order valence-electron chi connectivity index (χ3n) is 3.36. The molecule has 0 bridgehead atoms. The van der Waals surface area contributed by atoms with E-state index in [0.29, 0.717) is 17.5 Å². The minimum Gasteiger partial charge on any atom is -0.367 e. The summed E-state index contributed by atoms with van der Waals surface area (Å²) in [7, 11) is 0. The van der Waals surface area contributed by atoms with Gasteiger partial charge in [-0.15, -0.1) is 0 Å². The summed E-state index contributed by atoms with van der Waals surface area (Å²) in [6.45, 7) is 6.92. The van der Waals surface area contributed by atoms with E-state index in [9.17, 15) is 9.18 Å². The van der Waals surface area contributed by atoms with E-state index in [-0.39, 0.29) is 5.82 Å². The Balaban J connectivity index is 2.03. The van der Waals surface area contributed by atoms with E-state index in [0.717, 1.165) is 39.1 Å². The van der Waals surface area contributed by atoms with Crippen molar-refractivity contribution >= 4 is 12.0 Å². The van der Waals surface area contributed by atoms with Gasteiger partial charge in [0.1, 0.15) is 12.1 Å². The quantitative estimate of drug-likeness (QED) is 0.765. The van der Waals surface area contributed by atoms with Crippen LogP contribution in [-0.4, -0.2) is 43.9 Å². The molecule has 1 saturated heterocycles. The number of hydrogen-bond donors (Lipinski definition) is 0. The smallest absolute Gasteiger partial charge is 0.150 e. The molecule has 1 aliphatic rings. The molecule has 0 unspecified atom stereocenters. The molecular weight excluding hydrogens is 231 g/mol. The van der Waals surface area contributed by atoms with Crippen molar-refractivity contribution in [1.29, 1.82) is 0 Å². The van der Waals surface area contributed by atoms with Gasteiger partial charge in [0.2, 0.25) is 0 Å². The summed E-state index contributed by atoms with van der Waals surface area (Å²) >= 11 is 0. The summed E-state index contributed by atoms with van der Waals surface area (Å²) in [5.41, 5.74) is 0.998. The van der Waals surface area contributed by atoms with Crippen molar-refractivity contribution < 1.29 is 9.18 Å². The SMILES string of the molecule is CCCN1CCN(c2ccc(C=O)cc2F)CC1. The maximum atomic E-state index is 13.9. The molecule has 1 aromatic rings. The van der Waals surface area contributed by atoms with Gasteiger partial charge in [0.25, 0.3) is 0 Å². The molecular formula is C14H19FN2O. The molecule has 0 N–H and O–H groups in total. The van der Waals surface area contributed by atoms with Crippen LogP contribution in [0.2, 0.25) is 0 Å². The third kappa shape index (κ3) is 2.88. The van der Waals surface area contributed by atoms with Gasteiger partial charge in [0.05, 0.1) is 5.69 Å². The Hall–Kier alpha value is -1.42. The topological polar surface area (TPSA) is 23.6 Å². The largest absolute Gasteiger partial charge is 0.367 e. The van der Waals surface area contributed by atoms with E-state index in [4.69, 9.17) is 0 Å². The highest BCUT2D eigenvalue weighted by Gasteiger charge is 2.18. The molecule has 0 spiro atoms. The Kier molecular flexibility index (Phi) is 4.31. The first-order chi connectivity index (χ1) is 8.74. The lowest BCUT2D eigenvalue weighted by atomic mass is 10.2. The predicted octanol–water partition coefficient (Wildman–Crippen LogP) is 2.17. The van der Waals surface area contributed by atoms with Crippen molar-refractivity contribution in [2.24, 2.45) is 0 Å². The molecule has 98 valence electrons. The van der Waals surface area contributed by atoms with Crippen LogP contribution in [0.15, 0.2) is 18.2 Å². The van der Waals surface area contributed by atoms with Gasteiger partial charge < -0.3 is 4.90 Å². The molecule has 1 aliphatic heterocycles. The zero-order valence-electron chi connectivity index (χ0n) is 10.7. The van der Waals surface area contributed by atoms with Gasteiger partial charge in [-0.25, -0.2) is 4.39 Å². The molecule has 1 fully saturated rings. The van der Waals surface area contributed by atoms with E-state index in [1.54, 1.807) is 12.1 Å². The van der Waals surface area contributed by atoms with Crippen LogP contribution in [0.25, 0.3) is 0 Å². The Morgan fingerprint density at radius 1 is 1.28 bits per heavy atom. The third-order valence-corrected chi connectivity index (χ3v) is 3.36. The number of hydrogen-bond acceptors (Lipinski definition) is 3. The molecule has 0 radical (unpaired) electrons. The molecule has 2 rings (SSSR count). The number of carbonyl (C=O) groups is 1. The summed E-state index contributed by atoms with van der Waals surface area (Å²) in [5, 5.41) is 0. The monoisotopic (exact) mass is 250 g/mol. The maximum Gasteiger partial charge on any atom is 0.150 e. The van der Waals surface area contributed by atoms with E-state index in [1.165, 1.54) is 6.07 Å². The minimum absolute atomic E-state index is 0.302. The number of carbonyl (C=O) groups excluding carboxylic acids is 1. The first-order valence-electron chi connectivity index (χ1n) is 6.46. The summed E-state index contributed by atoms with van der Waals surface area (Å²) in [5.74, 6) is -0.302. The van der Waals surface area contributed by atoms with Gasteiger partial charge in [-0.1, -0.05) is 6.92 Å². The van der Waals surface area contributed by atoms with Gasteiger partial charge in [-0.2, -0.15) is 0 Å². The van der Waals surface area contributed by atoms with E-state index in [1.807, 2.05) is 0 Å². The van der Waals surface area contributed by atoms with Crippen LogP contribution in [-0.2, 0) is 0 Å². The van der Waals surface area contributed by atoms with Crippen LogP contribution in [0.1, 0.15) is 23.7 Å². The standard InChI is InChI=1S/C14H19FN2O/c1-2-5-16-6-8-17(9-7-16)14-4-3-12(11-18)10-13(14)15/h3-4,10-11H,2,5-9H2,1H3. The average Bonchev–Trinajstić information content (AvgIpc) is 2.40. The van der Waals surface area contributed by atoms with Crippen molar-refractivity contribution in [3.05, 3.63) is 29.6 Å². The number of halogens is 1. The van der Waals surface area contributed by atoms with Crippen LogP contribution in [0, 0.1) is 5.82 Å². The van der Waals surface area contributed by atoms with Gasteiger partial charge >= 0.3 is 0 Å². The number of rotatable bonds is 4. The van der Waals surface area contributed by atoms with Crippen LogP contribution >= 0.6 is 0 Å². The fourth-order valence-corrected chi connectivity index (χ4v) is 2.38. The zero-order valence-corrected chi connectivity index (χ0v) is 10.7. The number of piperazine rings is 1. The highest BCUT2D eigenvalue weighted by atomic mass is 19.1. The second-order valence-electron chi connectivity index (χ2n) is 4.66. The molecule has 0 aliphatic carbocycles. The van der Waals surface area contributed by atoms with Gasteiger partial charge in [0, 0.05) is 31.7 Å². The fraction of sp³-hybridized carbons (Fsp3) is 0.500. The second kappa shape index (κ2) is 5.96. The van der Waals surface area contributed by atoms with Crippen molar-refractivity contribution in [2.75, 3.05) is 37.6 Å². The number of aldehydes is 1. The van der Waals surface area contributed by atoms with Crippen LogP contribution in [0.5, 0.6) is 0 Å². The zero-order chi connectivity index (χ0) is 13.0. The van der Waals surface area contributed by atoms with Gasteiger partial charge in [-0.3, -0.25) is 9.69 Å². The van der Waals surface area contributed by atoms with Gasteiger partial charge in [-0.05, 0) is 31.2 Å². The van der Waals surface area contributed by atoms with Crippen molar-refractivity contribution in [3.8, 4) is 0 Å². The van der Waals surface area contributed by atoms with Crippen LogP contribution in [0.4, 0.5) is 10.1 Å². The summed E-state index contributed by atoms with van der Waals surface area (Å²) in [6.07, 6.45) is 1.83. The van der Waals surface area contributed by atoms with Crippen LogP contribution < -0.4 is 4.90 Å². The lowest BCUT2D eigenvalue weighted by Gasteiger charge is -2.36. The molecule has 0 aromatic heterocycles. The number of benzene rings is 1. The Labute approximate surface area is 107 Å². The highest BCUT2D eigenvalue weighted by molar-refractivity contribution is 5.76. The molecule has 18 heavy (non-hydrogen) atoms. The molecule has 1 heterocycles. The molecule has 0 saturated carbocycles. The summed E-state index contributed by atoms with van der Waals surface area (Å²) in [4.78, 5) is 15.0. The summed E-state index contributed by atoms with van der Waals surface area (Å²) in [6, 6.07) is 4.68. The molecule has 1 aromatic carbocycles. The van der Waals surface area contributed by atoms with E-state index < -0.39 is 0 Å². The maximum absolute atomic E-state index is 13.9.